The van der Waals surface area contributed by atoms with Crippen LogP contribution >= 0.6 is 12.6 Å². The topological polar surface area (TPSA) is 240 Å². The summed E-state index contributed by atoms with van der Waals surface area (Å²) in [4.78, 5) is 59.4. The molecule has 0 saturated heterocycles. The van der Waals surface area contributed by atoms with Crippen molar-refractivity contribution in [3.63, 3.8) is 0 Å². The molecular formula is C17H32N6O7S. The maximum Gasteiger partial charge on any atom is 0.328 e. The number of aliphatic carboxylic acids is 1. The van der Waals surface area contributed by atoms with Gasteiger partial charge in [-0.15, -0.1) is 0 Å². The second-order valence-corrected chi connectivity index (χ2v) is 7.15. The van der Waals surface area contributed by atoms with E-state index < -0.39 is 60.4 Å². The van der Waals surface area contributed by atoms with Gasteiger partial charge in [0.2, 0.25) is 23.6 Å². The van der Waals surface area contributed by atoms with Crippen molar-refractivity contribution in [1.29, 1.82) is 0 Å². The molecule has 0 aliphatic heterocycles. The van der Waals surface area contributed by atoms with E-state index in [-0.39, 0.29) is 25.0 Å². The van der Waals surface area contributed by atoms with Gasteiger partial charge in [0.05, 0.1) is 12.6 Å². The van der Waals surface area contributed by atoms with E-state index in [1.54, 1.807) is 0 Å². The number of nitrogens with two attached hydrogens (primary N) is 3. The summed E-state index contributed by atoms with van der Waals surface area (Å²) in [5, 5.41) is 25.0. The molecule has 4 atom stereocenters. The standard InChI is InChI=1S/C17H32N6O7S/c18-6-2-1-3-10(21-14(26)9(19)8-31)15(27)22-11(4-5-13(20)25)16(28)23-12(7-24)17(29)30/h9-12,24,31H,1-8,18-19H2,(H2,20,25)(H,21,26)(H,22,27)(H,23,28)(H,29,30). The van der Waals surface area contributed by atoms with Gasteiger partial charge in [-0.2, -0.15) is 12.6 Å². The van der Waals surface area contributed by atoms with Gasteiger partial charge in [-0.25, -0.2) is 4.79 Å². The van der Waals surface area contributed by atoms with Gasteiger partial charge >= 0.3 is 5.97 Å². The molecule has 4 amide bonds. The van der Waals surface area contributed by atoms with Crippen molar-refractivity contribution in [1.82, 2.24) is 16.0 Å². The Morgan fingerprint density at radius 1 is 0.871 bits per heavy atom. The van der Waals surface area contributed by atoms with Crippen molar-refractivity contribution in [3.05, 3.63) is 0 Å². The summed E-state index contributed by atoms with van der Waals surface area (Å²) in [6.45, 7) is -0.503. The second-order valence-electron chi connectivity index (χ2n) is 6.78. The predicted octanol–water partition coefficient (Wildman–Crippen LogP) is -3.83. The van der Waals surface area contributed by atoms with Crippen LogP contribution in [0.4, 0.5) is 0 Å². The summed E-state index contributed by atoms with van der Waals surface area (Å²) in [6.07, 6.45) is 0.788. The van der Waals surface area contributed by atoms with Crippen molar-refractivity contribution < 1.29 is 34.2 Å². The Morgan fingerprint density at radius 3 is 1.84 bits per heavy atom. The highest BCUT2D eigenvalue weighted by molar-refractivity contribution is 7.80. The first-order valence-electron chi connectivity index (χ1n) is 9.66. The molecule has 0 fully saturated rings. The van der Waals surface area contributed by atoms with E-state index in [0.29, 0.717) is 19.4 Å². The number of primary amides is 1. The van der Waals surface area contributed by atoms with Gasteiger partial charge in [-0.3, -0.25) is 19.2 Å². The van der Waals surface area contributed by atoms with E-state index >= 15 is 0 Å². The number of thiol groups is 1. The van der Waals surface area contributed by atoms with Crippen LogP contribution in [0.15, 0.2) is 0 Å². The molecule has 0 aromatic rings. The molecule has 0 saturated carbocycles. The van der Waals surface area contributed by atoms with E-state index in [0.717, 1.165) is 0 Å². The highest BCUT2D eigenvalue weighted by atomic mass is 32.1. The average molecular weight is 465 g/mol. The maximum atomic E-state index is 12.8. The summed E-state index contributed by atoms with van der Waals surface area (Å²) in [5.41, 5.74) is 16.2. The third-order valence-electron chi connectivity index (χ3n) is 4.22. The number of carbonyl (C=O) groups is 5. The summed E-state index contributed by atoms with van der Waals surface area (Å²) in [6, 6.07) is -4.94. The van der Waals surface area contributed by atoms with E-state index in [1.165, 1.54) is 0 Å². The quantitative estimate of drug-likeness (QED) is 0.0801. The second kappa shape index (κ2) is 15.4. The van der Waals surface area contributed by atoms with Crippen molar-refractivity contribution in [2.24, 2.45) is 17.2 Å². The molecule has 0 aromatic heterocycles. The monoisotopic (exact) mass is 464 g/mol. The molecule has 0 rings (SSSR count). The number of carboxylic acid groups (broad SMARTS) is 1. The molecular weight excluding hydrogens is 432 g/mol. The molecule has 0 aromatic carbocycles. The normalized spacial score (nSPS) is 14.6. The van der Waals surface area contributed by atoms with Crippen LogP contribution in [0.3, 0.4) is 0 Å². The van der Waals surface area contributed by atoms with Gasteiger partial charge < -0.3 is 43.4 Å². The van der Waals surface area contributed by atoms with Crippen LogP contribution < -0.4 is 33.2 Å². The molecule has 31 heavy (non-hydrogen) atoms. The third-order valence-corrected chi connectivity index (χ3v) is 4.62. The zero-order chi connectivity index (χ0) is 24.0. The molecule has 0 aliphatic rings. The Hall–Kier alpha value is -2.42. The molecule has 0 spiro atoms. The fourth-order valence-electron chi connectivity index (χ4n) is 2.41. The van der Waals surface area contributed by atoms with Crippen LogP contribution in [0.1, 0.15) is 32.1 Å². The number of carboxylic acids is 1. The molecule has 178 valence electrons. The Balaban J connectivity index is 5.41. The fourth-order valence-corrected chi connectivity index (χ4v) is 2.57. The highest BCUT2D eigenvalue weighted by Gasteiger charge is 2.30. The number of amides is 4. The lowest BCUT2D eigenvalue weighted by molar-refractivity contribution is -0.143. The molecule has 14 heteroatoms. The fraction of sp³-hybridized carbons (Fsp3) is 0.706. The van der Waals surface area contributed by atoms with E-state index in [4.69, 9.17) is 27.4 Å². The Bertz CT molecular complexity index is 636. The van der Waals surface area contributed by atoms with Gasteiger partial charge in [-0.1, -0.05) is 0 Å². The largest absolute Gasteiger partial charge is 0.480 e. The third kappa shape index (κ3) is 11.5. The van der Waals surface area contributed by atoms with Gasteiger partial charge in [0, 0.05) is 12.2 Å². The van der Waals surface area contributed by atoms with Crippen LogP contribution in [-0.2, 0) is 24.0 Å². The first kappa shape index (κ1) is 28.6. The van der Waals surface area contributed by atoms with E-state index in [2.05, 4.69) is 28.6 Å². The molecule has 13 nitrogen and oxygen atoms in total. The number of hydrogen-bond acceptors (Lipinski definition) is 9. The minimum atomic E-state index is -1.60. The lowest BCUT2D eigenvalue weighted by Gasteiger charge is -2.24. The maximum absolute atomic E-state index is 12.8. The van der Waals surface area contributed by atoms with E-state index in [1.807, 2.05) is 0 Å². The number of nitrogens with one attached hydrogen (secondary N) is 3. The van der Waals surface area contributed by atoms with Crippen LogP contribution in [0.25, 0.3) is 0 Å². The minimum absolute atomic E-state index is 0.0460. The van der Waals surface area contributed by atoms with Gasteiger partial charge in [-0.05, 0) is 32.2 Å². The number of aliphatic hydroxyl groups excluding tert-OH is 1. The van der Waals surface area contributed by atoms with Crippen LogP contribution in [0.5, 0.6) is 0 Å². The predicted molar refractivity (Wildman–Crippen MR) is 114 cm³/mol. The van der Waals surface area contributed by atoms with Crippen LogP contribution in [0.2, 0.25) is 0 Å². The summed E-state index contributed by atoms with van der Waals surface area (Å²) >= 11 is 3.93. The number of aliphatic hydroxyl groups is 1. The van der Waals surface area contributed by atoms with Gasteiger partial charge in [0.1, 0.15) is 18.1 Å². The Kier molecular flexibility index (Phi) is 14.2. The van der Waals surface area contributed by atoms with Crippen LogP contribution in [-0.4, -0.2) is 82.9 Å². The SMILES string of the molecule is NCCCCC(NC(=O)C(N)CS)C(=O)NC(CCC(N)=O)C(=O)NC(CO)C(=O)O. The molecule has 0 aliphatic carbocycles. The minimum Gasteiger partial charge on any atom is -0.480 e. The lowest BCUT2D eigenvalue weighted by Crippen LogP contribution is -2.57. The van der Waals surface area contributed by atoms with Crippen LogP contribution in [0, 0.1) is 0 Å². The Labute approximate surface area is 185 Å². The lowest BCUT2D eigenvalue weighted by atomic mass is 10.1. The molecule has 0 heterocycles. The first-order chi connectivity index (χ1) is 14.6. The first-order valence-corrected chi connectivity index (χ1v) is 10.3. The van der Waals surface area contributed by atoms with Crippen molar-refractivity contribution >= 4 is 42.2 Å². The van der Waals surface area contributed by atoms with Crippen molar-refractivity contribution in [2.45, 2.75) is 56.3 Å². The summed E-state index contributed by atoms with van der Waals surface area (Å²) < 4.78 is 0. The molecule has 11 N–H and O–H groups in total. The van der Waals surface area contributed by atoms with Gasteiger partial charge in [0.15, 0.2) is 0 Å². The van der Waals surface area contributed by atoms with Gasteiger partial charge in [0.25, 0.3) is 0 Å². The Morgan fingerprint density at radius 2 is 1.39 bits per heavy atom. The van der Waals surface area contributed by atoms with E-state index in [9.17, 15) is 24.0 Å². The molecule has 4 unspecified atom stereocenters. The number of rotatable bonds is 16. The average Bonchev–Trinajstić information content (AvgIpc) is 2.72. The summed E-state index contributed by atoms with van der Waals surface area (Å²) in [7, 11) is 0. The smallest absolute Gasteiger partial charge is 0.328 e. The van der Waals surface area contributed by atoms with Crippen molar-refractivity contribution in [3.8, 4) is 0 Å². The highest BCUT2D eigenvalue weighted by Crippen LogP contribution is 2.05. The number of unbranched alkanes of at least 4 members (excludes halogenated alkanes) is 1. The summed E-state index contributed by atoms with van der Waals surface area (Å²) in [5.74, 6) is -4.47. The number of hydrogen-bond donors (Lipinski definition) is 9. The molecule has 0 bridgehead atoms. The zero-order valence-corrected chi connectivity index (χ0v) is 18.0. The number of carbonyl (C=O) groups excluding carboxylic acids is 4. The zero-order valence-electron chi connectivity index (χ0n) is 17.1. The molecule has 0 radical (unpaired) electrons. The van der Waals surface area contributed by atoms with Crippen molar-refractivity contribution in [2.75, 3.05) is 18.9 Å².